The van der Waals surface area contributed by atoms with Gasteiger partial charge in [-0.25, -0.2) is 13.4 Å². The molecule has 2 saturated heterocycles. The summed E-state index contributed by atoms with van der Waals surface area (Å²) in [5.74, 6) is 0.746. The minimum Gasteiger partial charge on any atom is -0.334 e. The number of aryl methyl sites for hydroxylation is 2. The zero-order valence-electron chi connectivity index (χ0n) is 12.6. The summed E-state index contributed by atoms with van der Waals surface area (Å²) in [6.45, 7) is 9.70. The van der Waals surface area contributed by atoms with Gasteiger partial charge in [0.1, 0.15) is 5.82 Å². The van der Waals surface area contributed by atoms with Gasteiger partial charge in [-0.05, 0) is 13.8 Å². The molecule has 2 aliphatic heterocycles. The van der Waals surface area contributed by atoms with Crippen molar-refractivity contribution in [3.05, 3.63) is 12.0 Å². The fourth-order valence-electron chi connectivity index (χ4n) is 2.95. The molecule has 3 heterocycles. The predicted octanol–water partition coefficient (Wildman–Crippen LogP) is -0.510. The van der Waals surface area contributed by atoms with Crippen LogP contribution < -0.4 is 5.32 Å². The van der Waals surface area contributed by atoms with E-state index in [0.717, 1.165) is 38.5 Å². The van der Waals surface area contributed by atoms with E-state index < -0.39 is 10.0 Å². The average Bonchev–Trinajstić information content (AvgIpc) is 2.80. The van der Waals surface area contributed by atoms with E-state index in [9.17, 15) is 8.42 Å². The van der Waals surface area contributed by atoms with Crippen molar-refractivity contribution in [2.75, 3.05) is 39.3 Å². The number of hydrogen-bond donors (Lipinski definition) is 1. The highest BCUT2D eigenvalue weighted by Crippen LogP contribution is 2.24. The first-order chi connectivity index (χ1) is 10.0. The minimum absolute atomic E-state index is 0.181. The zero-order chi connectivity index (χ0) is 15.0. The van der Waals surface area contributed by atoms with Gasteiger partial charge in [-0.3, -0.25) is 4.90 Å². The summed E-state index contributed by atoms with van der Waals surface area (Å²) >= 11 is 0. The van der Waals surface area contributed by atoms with Gasteiger partial charge in [-0.1, -0.05) is 0 Å². The molecule has 0 unspecified atom stereocenters. The summed E-state index contributed by atoms with van der Waals surface area (Å²) in [4.78, 5) is 6.58. The van der Waals surface area contributed by atoms with Crippen molar-refractivity contribution in [2.24, 2.45) is 0 Å². The van der Waals surface area contributed by atoms with Crippen LogP contribution in [-0.2, 0) is 16.6 Å². The Bertz CT molecular complexity index is 600. The number of nitrogens with one attached hydrogen (secondary N) is 1. The summed E-state index contributed by atoms with van der Waals surface area (Å²) in [5.41, 5.74) is 0. The number of nitrogens with zero attached hydrogens (tertiary/aromatic N) is 4. The van der Waals surface area contributed by atoms with E-state index in [0.29, 0.717) is 19.1 Å². The predicted molar refractivity (Wildman–Crippen MR) is 79.6 cm³/mol. The molecule has 0 bridgehead atoms. The Hall–Kier alpha value is -0.960. The highest BCUT2D eigenvalue weighted by Gasteiger charge is 2.40. The van der Waals surface area contributed by atoms with Crippen molar-refractivity contribution >= 4 is 10.0 Å². The molecule has 3 rings (SSSR count). The maximum Gasteiger partial charge on any atom is 0.262 e. The van der Waals surface area contributed by atoms with Crippen LogP contribution >= 0.6 is 0 Å². The first-order valence-corrected chi connectivity index (χ1v) is 8.95. The second kappa shape index (κ2) is 5.68. The third kappa shape index (κ3) is 2.73. The van der Waals surface area contributed by atoms with Gasteiger partial charge in [0, 0.05) is 58.1 Å². The number of aromatic nitrogens is 2. The molecule has 1 aromatic heterocycles. The molecule has 8 heteroatoms. The fraction of sp³-hybridized carbons (Fsp3) is 0.769. The number of piperazine rings is 1. The maximum absolute atomic E-state index is 12.5. The van der Waals surface area contributed by atoms with E-state index in [1.807, 2.05) is 18.4 Å². The maximum atomic E-state index is 12.5. The van der Waals surface area contributed by atoms with Crippen molar-refractivity contribution in [2.45, 2.75) is 31.5 Å². The van der Waals surface area contributed by atoms with Crippen LogP contribution in [-0.4, -0.2) is 72.5 Å². The highest BCUT2D eigenvalue weighted by molar-refractivity contribution is 7.89. The smallest absolute Gasteiger partial charge is 0.262 e. The lowest BCUT2D eigenvalue weighted by molar-refractivity contribution is 0.0772. The van der Waals surface area contributed by atoms with Gasteiger partial charge >= 0.3 is 0 Å². The van der Waals surface area contributed by atoms with Crippen LogP contribution in [0, 0.1) is 6.92 Å². The quantitative estimate of drug-likeness (QED) is 0.811. The van der Waals surface area contributed by atoms with Gasteiger partial charge in [-0.15, -0.1) is 0 Å². The number of sulfonamides is 1. The van der Waals surface area contributed by atoms with Crippen molar-refractivity contribution in [1.29, 1.82) is 0 Å². The molecule has 21 heavy (non-hydrogen) atoms. The standard InChI is InChI=1S/C13H23N5O2S/c1-3-16-10-13(15-11(16)2)21(19,20)18-8-12(9-18)17-6-4-14-5-7-17/h10,12,14H,3-9H2,1-2H3. The van der Waals surface area contributed by atoms with Crippen molar-refractivity contribution < 1.29 is 8.42 Å². The molecule has 0 spiro atoms. The lowest BCUT2D eigenvalue weighted by atomic mass is 10.1. The summed E-state index contributed by atoms with van der Waals surface area (Å²) in [6, 6.07) is 0.358. The molecule has 0 atom stereocenters. The van der Waals surface area contributed by atoms with Crippen LogP contribution in [0.4, 0.5) is 0 Å². The van der Waals surface area contributed by atoms with Gasteiger partial charge in [0.15, 0.2) is 5.03 Å². The molecule has 0 radical (unpaired) electrons. The first-order valence-electron chi connectivity index (χ1n) is 7.51. The summed E-state index contributed by atoms with van der Waals surface area (Å²) in [5, 5.41) is 3.50. The molecule has 2 aliphatic rings. The Morgan fingerprint density at radius 3 is 2.57 bits per heavy atom. The average molecular weight is 313 g/mol. The first kappa shape index (κ1) is 15.0. The van der Waals surface area contributed by atoms with Gasteiger partial charge in [0.25, 0.3) is 10.0 Å². The fourth-order valence-corrected chi connectivity index (χ4v) is 4.46. The molecule has 0 aliphatic carbocycles. The molecule has 0 saturated carbocycles. The molecule has 1 N–H and O–H groups in total. The van der Waals surface area contributed by atoms with Crippen LogP contribution in [0.25, 0.3) is 0 Å². The van der Waals surface area contributed by atoms with E-state index >= 15 is 0 Å². The third-order valence-electron chi connectivity index (χ3n) is 4.40. The zero-order valence-corrected chi connectivity index (χ0v) is 13.4. The molecule has 0 amide bonds. The third-order valence-corrected chi connectivity index (χ3v) is 6.10. The van der Waals surface area contributed by atoms with Crippen molar-refractivity contribution in [1.82, 2.24) is 24.1 Å². The largest absolute Gasteiger partial charge is 0.334 e. The summed E-state index contributed by atoms with van der Waals surface area (Å²) in [6.07, 6.45) is 1.64. The Morgan fingerprint density at radius 1 is 1.33 bits per heavy atom. The van der Waals surface area contributed by atoms with Crippen LogP contribution in [0.3, 0.4) is 0 Å². The molecule has 7 nitrogen and oxygen atoms in total. The molecule has 1 aromatic rings. The number of imidazole rings is 1. The SMILES string of the molecule is CCn1cc(S(=O)(=O)N2CC(N3CCNCC3)C2)nc1C. The Labute approximate surface area is 126 Å². The second-order valence-electron chi connectivity index (χ2n) is 5.67. The molecular weight excluding hydrogens is 290 g/mol. The van der Waals surface area contributed by atoms with Crippen molar-refractivity contribution in [3.8, 4) is 0 Å². The monoisotopic (exact) mass is 313 g/mol. The van der Waals surface area contributed by atoms with Crippen LogP contribution in [0.5, 0.6) is 0 Å². The van der Waals surface area contributed by atoms with Crippen LogP contribution in [0.2, 0.25) is 0 Å². The minimum atomic E-state index is -3.43. The van der Waals surface area contributed by atoms with Crippen molar-refractivity contribution in [3.63, 3.8) is 0 Å². The van der Waals surface area contributed by atoms with Gasteiger partial charge in [0.2, 0.25) is 0 Å². The lowest BCUT2D eigenvalue weighted by Crippen LogP contribution is -2.63. The van der Waals surface area contributed by atoms with E-state index in [1.54, 1.807) is 10.5 Å². The molecule has 118 valence electrons. The molecule has 0 aromatic carbocycles. The van der Waals surface area contributed by atoms with Gasteiger partial charge in [0.05, 0.1) is 0 Å². The second-order valence-corrected chi connectivity index (χ2v) is 7.56. The van der Waals surface area contributed by atoms with Gasteiger partial charge in [-0.2, -0.15) is 4.31 Å². The highest BCUT2D eigenvalue weighted by atomic mass is 32.2. The molecular formula is C13H23N5O2S. The Balaban J connectivity index is 1.67. The topological polar surface area (TPSA) is 70.5 Å². The Morgan fingerprint density at radius 2 is 2.00 bits per heavy atom. The molecule has 2 fully saturated rings. The van der Waals surface area contributed by atoms with E-state index in [-0.39, 0.29) is 5.03 Å². The van der Waals surface area contributed by atoms with E-state index in [4.69, 9.17) is 0 Å². The summed E-state index contributed by atoms with van der Waals surface area (Å²) in [7, 11) is -3.43. The Kier molecular flexibility index (Phi) is 4.04. The van der Waals surface area contributed by atoms with E-state index in [2.05, 4.69) is 15.2 Å². The van der Waals surface area contributed by atoms with Gasteiger partial charge < -0.3 is 9.88 Å². The van der Waals surface area contributed by atoms with Crippen LogP contribution in [0.1, 0.15) is 12.7 Å². The summed E-state index contributed by atoms with van der Waals surface area (Å²) < 4.78 is 28.5. The lowest BCUT2D eigenvalue weighted by Gasteiger charge is -2.45. The van der Waals surface area contributed by atoms with Crippen LogP contribution in [0.15, 0.2) is 11.2 Å². The van der Waals surface area contributed by atoms with E-state index in [1.165, 1.54) is 0 Å². The normalized spacial score (nSPS) is 22.4. The number of rotatable bonds is 4. The number of hydrogen-bond acceptors (Lipinski definition) is 5.